The predicted molar refractivity (Wildman–Crippen MR) is 72.7 cm³/mol. The van der Waals surface area contributed by atoms with Gasteiger partial charge in [-0.25, -0.2) is 0 Å². The minimum Gasteiger partial charge on any atom is -0.382 e. The average molecular weight is 260 g/mol. The van der Waals surface area contributed by atoms with Gasteiger partial charge in [-0.05, 0) is 25.8 Å². The van der Waals surface area contributed by atoms with Crippen LogP contribution in [0, 0.1) is 0 Å². The van der Waals surface area contributed by atoms with E-state index in [1.54, 1.807) is 7.11 Å². The standard InChI is InChI=1S/C13H28N2O3/c1-4-12(5-2)15-13(16)11-14-7-6-8-18-10-9-17-3/h12,14H,4-11H2,1-3H3,(H,15,16). The molecule has 0 aliphatic carbocycles. The van der Waals surface area contributed by atoms with Gasteiger partial charge >= 0.3 is 0 Å². The summed E-state index contributed by atoms with van der Waals surface area (Å²) in [6, 6.07) is 0.302. The van der Waals surface area contributed by atoms with Crippen molar-refractivity contribution in [3.05, 3.63) is 0 Å². The first kappa shape index (κ1) is 17.4. The number of carbonyl (C=O) groups is 1. The van der Waals surface area contributed by atoms with Crippen molar-refractivity contribution in [3.63, 3.8) is 0 Å². The Hall–Kier alpha value is -0.650. The first-order valence-electron chi connectivity index (χ1n) is 6.81. The van der Waals surface area contributed by atoms with Gasteiger partial charge in [0, 0.05) is 19.8 Å². The topological polar surface area (TPSA) is 59.6 Å². The SMILES string of the molecule is CCC(CC)NC(=O)CNCCCOCCOC. The molecular weight excluding hydrogens is 232 g/mol. The van der Waals surface area contributed by atoms with Crippen molar-refractivity contribution in [2.75, 3.05) is 40.0 Å². The largest absolute Gasteiger partial charge is 0.382 e. The summed E-state index contributed by atoms with van der Waals surface area (Å²) in [5.74, 6) is 0.0731. The highest BCUT2D eigenvalue weighted by atomic mass is 16.5. The molecule has 5 nitrogen and oxygen atoms in total. The molecule has 0 heterocycles. The zero-order chi connectivity index (χ0) is 13.6. The molecule has 0 bridgehead atoms. The molecule has 0 radical (unpaired) electrons. The summed E-state index contributed by atoms with van der Waals surface area (Å²) in [6.45, 7) is 7.30. The summed E-state index contributed by atoms with van der Waals surface area (Å²) in [5, 5.41) is 6.09. The van der Waals surface area contributed by atoms with E-state index in [0.717, 1.165) is 25.8 Å². The lowest BCUT2D eigenvalue weighted by molar-refractivity contribution is -0.121. The van der Waals surface area contributed by atoms with Gasteiger partial charge in [-0.3, -0.25) is 4.79 Å². The minimum absolute atomic E-state index is 0.0731. The second-order valence-electron chi connectivity index (χ2n) is 4.22. The number of methoxy groups -OCH3 is 1. The summed E-state index contributed by atoms with van der Waals surface area (Å²) < 4.78 is 10.2. The maximum Gasteiger partial charge on any atom is 0.234 e. The molecule has 5 heteroatoms. The van der Waals surface area contributed by atoms with Gasteiger partial charge in [-0.2, -0.15) is 0 Å². The molecule has 0 aliphatic rings. The van der Waals surface area contributed by atoms with E-state index in [4.69, 9.17) is 9.47 Å². The molecule has 0 fully saturated rings. The van der Waals surface area contributed by atoms with Crippen LogP contribution in [-0.2, 0) is 14.3 Å². The lowest BCUT2D eigenvalue weighted by Crippen LogP contribution is -2.40. The molecule has 0 unspecified atom stereocenters. The molecule has 0 atom stereocenters. The van der Waals surface area contributed by atoms with Crippen molar-refractivity contribution in [2.24, 2.45) is 0 Å². The number of hydrogen-bond donors (Lipinski definition) is 2. The Bertz CT molecular complexity index is 197. The van der Waals surface area contributed by atoms with Gasteiger partial charge in [0.1, 0.15) is 0 Å². The molecular formula is C13H28N2O3. The Morgan fingerprint density at radius 3 is 2.50 bits per heavy atom. The summed E-state index contributed by atoms with van der Waals surface area (Å²) in [6.07, 6.45) is 2.87. The number of hydrogen-bond acceptors (Lipinski definition) is 4. The number of ether oxygens (including phenoxy) is 2. The van der Waals surface area contributed by atoms with Gasteiger partial charge in [0.05, 0.1) is 19.8 Å². The van der Waals surface area contributed by atoms with E-state index in [9.17, 15) is 4.79 Å². The molecule has 108 valence electrons. The second-order valence-corrected chi connectivity index (χ2v) is 4.22. The number of amides is 1. The molecule has 1 amide bonds. The van der Waals surface area contributed by atoms with Gasteiger partial charge in [-0.1, -0.05) is 13.8 Å². The van der Waals surface area contributed by atoms with E-state index >= 15 is 0 Å². The molecule has 0 rings (SSSR count). The Balaban J connectivity index is 3.30. The molecule has 18 heavy (non-hydrogen) atoms. The molecule has 2 N–H and O–H groups in total. The third-order valence-corrected chi connectivity index (χ3v) is 2.71. The molecule has 0 aromatic heterocycles. The van der Waals surface area contributed by atoms with Crippen LogP contribution < -0.4 is 10.6 Å². The van der Waals surface area contributed by atoms with E-state index in [1.165, 1.54) is 0 Å². The minimum atomic E-state index is 0.0731. The smallest absolute Gasteiger partial charge is 0.234 e. The summed E-state index contributed by atoms with van der Waals surface area (Å²) in [5.41, 5.74) is 0. The second kappa shape index (κ2) is 12.8. The van der Waals surface area contributed by atoms with Crippen molar-refractivity contribution in [1.29, 1.82) is 0 Å². The van der Waals surface area contributed by atoms with Crippen LogP contribution in [0.2, 0.25) is 0 Å². The van der Waals surface area contributed by atoms with Crippen molar-refractivity contribution >= 4 is 5.91 Å². The molecule has 0 aromatic carbocycles. The first-order chi connectivity index (χ1) is 8.74. The summed E-state index contributed by atoms with van der Waals surface area (Å²) >= 11 is 0. The van der Waals surface area contributed by atoms with E-state index in [1.807, 2.05) is 0 Å². The van der Waals surface area contributed by atoms with E-state index in [0.29, 0.717) is 32.4 Å². The highest BCUT2D eigenvalue weighted by molar-refractivity contribution is 5.78. The third-order valence-electron chi connectivity index (χ3n) is 2.71. The quantitative estimate of drug-likeness (QED) is 0.513. The first-order valence-corrected chi connectivity index (χ1v) is 6.81. The van der Waals surface area contributed by atoms with Gasteiger partial charge < -0.3 is 20.1 Å². The molecule has 0 spiro atoms. The zero-order valence-electron chi connectivity index (χ0n) is 12.0. The lowest BCUT2D eigenvalue weighted by atomic mass is 10.2. The van der Waals surface area contributed by atoms with Gasteiger partial charge in [0.15, 0.2) is 0 Å². The fraction of sp³-hybridized carbons (Fsp3) is 0.923. The Labute approximate surface area is 111 Å². The lowest BCUT2D eigenvalue weighted by Gasteiger charge is -2.14. The van der Waals surface area contributed by atoms with Crippen LogP contribution in [0.4, 0.5) is 0 Å². The average Bonchev–Trinajstić information content (AvgIpc) is 2.39. The van der Waals surface area contributed by atoms with Gasteiger partial charge in [0.2, 0.25) is 5.91 Å². The summed E-state index contributed by atoms with van der Waals surface area (Å²) in [7, 11) is 1.66. The van der Waals surface area contributed by atoms with Crippen molar-refractivity contribution in [3.8, 4) is 0 Å². The van der Waals surface area contributed by atoms with Gasteiger partial charge in [0.25, 0.3) is 0 Å². The number of rotatable bonds is 12. The van der Waals surface area contributed by atoms with Crippen LogP contribution in [0.3, 0.4) is 0 Å². The van der Waals surface area contributed by atoms with E-state index < -0.39 is 0 Å². The third kappa shape index (κ3) is 10.5. The number of carbonyl (C=O) groups excluding carboxylic acids is 1. The molecule has 0 saturated heterocycles. The number of nitrogens with one attached hydrogen (secondary N) is 2. The molecule has 0 aliphatic heterocycles. The molecule has 0 aromatic rings. The Kier molecular flexibility index (Phi) is 12.3. The van der Waals surface area contributed by atoms with Crippen LogP contribution in [0.15, 0.2) is 0 Å². The normalized spacial score (nSPS) is 10.9. The Morgan fingerprint density at radius 1 is 1.17 bits per heavy atom. The van der Waals surface area contributed by atoms with Crippen LogP contribution in [0.5, 0.6) is 0 Å². The fourth-order valence-electron chi connectivity index (χ4n) is 1.52. The highest BCUT2D eigenvalue weighted by Gasteiger charge is 2.06. The molecule has 0 saturated carbocycles. The Morgan fingerprint density at radius 2 is 1.89 bits per heavy atom. The van der Waals surface area contributed by atoms with Crippen LogP contribution in [0.25, 0.3) is 0 Å². The summed E-state index contributed by atoms with van der Waals surface area (Å²) in [4.78, 5) is 11.5. The van der Waals surface area contributed by atoms with Crippen LogP contribution in [-0.4, -0.2) is 52.0 Å². The predicted octanol–water partition coefficient (Wildman–Crippen LogP) is 0.934. The van der Waals surface area contributed by atoms with Crippen LogP contribution in [0.1, 0.15) is 33.1 Å². The fourth-order valence-corrected chi connectivity index (χ4v) is 1.52. The van der Waals surface area contributed by atoms with Crippen molar-refractivity contribution in [1.82, 2.24) is 10.6 Å². The van der Waals surface area contributed by atoms with Crippen molar-refractivity contribution in [2.45, 2.75) is 39.2 Å². The van der Waals surface area contributed by atoms with E-state index in [-0.39, 0.29) is 5.91 Å². The monoisotopic (exact) mass is 260 g/mol. The highest BCUT2D eigenvalue weighted by Crippen LogP contribution is 1.94. The van der Waals surface area contributed by atoms with Gasteiger partial charge in [-0.15, -0.1) is 0 Å². The zero-order valence-corrected chi connectivity index (χ0v) is 12.0. The van der Waals surface area contributed by atoms with Crippen molar-refractivity contribution < 1.29 is 14.3 Å². The van der Waals surface area contributed by atoms with E-state index in [2.05, 4.69) is 24.5 Å². The van der Waals surface area contributed by atoms with Crippen LogP contribution >= 0.6 is 0 Å². The maximum atomic E-state index is 11.5. The maximum absolute atomic E-state index is 11.5.